The summed E-state index contributed by atoms with van der Waals surface area (Å²) in [6.07, 6.45) is 4.61. The minimum absolute atomic E-state index is 0.0201. The summed E-state index contributed by atoms with van der Waals surface area (Å²) >= 11 is 0. The molecule has 6 heteroatoms. The number of carbonyl (C=O) groups excluding carboxylic acids is 1. The van der Waals surface area contributed by atoms with Crippen LogP contribution in [0.15, 0.2) is 30.6 Å². The van der Waals surface area contributed by atoms with E-state index in [0.717, 1.165) is 36.8 Å². The van der Waals surface area contributed by atoms with Crippen molar-refractivity contribution >= 4 is 16.8 Å². The molecule has 0 unspecified atom stereocenters. The largest absolute Gasteiger partial charge is 0.467 e. The van der Waals surface area contributed by atoms with E-state index in [1.165, 1.54) is 6.33 Å². The van der Waals surface area contributed by atoms with Crippen LogP contribution >= 0.6 is 0 Å². The maximum absolute atomic E-state index is 12.5. The van der Waals surface area contributed by atoms with Crippen LogP contribution in [0, 0.1) is 0 Å². The van der Waals surface area contributed by atoms with Crippen LogP contribution in [-0.2, 0) is 9.53 Å². The van der Waals surface area contributed by atoms with E-state index in [0.29, 0.717) is 19.0 Å². The Hall–Kier alpha value is -2.21. The molecule has 1 fully saturated rings. The molecule has 0 saturated carbocycles. The first-order valence-corrected chi connectivity index (χ1v) is 8.50. The summed E-state index contributed by atoms with van der Waals surface area (Å²) in [7, 11) is 0. The van der Waals surface area contributed by atoms with Gasteiger partial charge in [-0.15, -0.1) is 0 Å². The van der Waals surface area contributed by atoms with Gasteiger partial charge in [0.1, 0.15) is 6.33 Å². The lowest BCUT2D eigenvalue weighted by Gasteiger charge is -2.25. The highest BCUT2D eigenvalue weighted by molar-refractivity contribution is 5.84. The van der Waals surface area contributed by atoms with Gasteiger partial charge in [-0.05, 0) is 31.4 Å². The molecule has 1 aliphatic rings. The molecular weight excluding hydrogens is 306 g/mol. The Morgan fingerprint density at radius 3 is 3.04 bits per heavy atom. The van der Waals surface area contributed by atoms with Gasteiger partial charge < -0.3 is 14.4 Å². The SMILES string of the molecule is CCCN(C[C@@H]1CCCO1)C(=O)COc1ncnc2ccccc12. The van der Waals surface area contributed by atoms with Gasteiger partial charge in [0.05, 0.1) is 17.0 Å². The van der Waals surface area contributed by atoms with Gasteiger partial charge in [0, 0.05) is 19.7 Å². The number of amides is 1. The van der Waals surface area contributed by atoms with Crippen LogP contribution in [0.4, 0.5) is 0 Å². The fourth-order valence-corrected chi connectivity index (χ4v) is 2.94. The minimum Gasteiger partial charge on any atom is -0.467 e. The van der Waals surface area contributed by atoms with Crippen LogP contribution in [0.1, 0.15) is 26.2 Å². The number of benzene rings is 1. The number of carbonyl (C=O) groups is 1. The van der Waals surface area contributed by atoms with Crippen LogP contribution in [0.5, 0.6) is 5.88 Å². The van der Waals surface area contributed by atoms with E-state index in [4.69, 9.17) is 9.47 Å². The lowest BCUT2D eigenvalue weighted by atomic mass is 10.2. The summed E-state index contributed by atoms with van der Waals surface area (Å²) in [6.45, 7) is 4.19. The zero-order valence-corrected chi connectivity index (χ0v) is 14.0. The van der Waals surface area contributed by atoms with Crippen LogP contribution in [0.25, 0.3) is 10.9 Å². The molecule has 2 aromatic rings. The zero-order valence-electron chi connectivity index (χ0n) is 14.0. The highest BCUT2D eigenvalue weighted by atomic mass is 16.5. The normalized spacial score (nSPS) is 17.1. The molecule has 0 bridgehead atoms. The Balaban J connectivity index is 1.63. The fourth-order valence-electron chi connectivity index (χ4n) is 2.94. The van der Waals surface area contributed by atoms with E-state index in [2.05, 4.69) is 16.9 Å². The minimum atomic E-state index is -0.0324. The van der Waals surface area contributed by atoms with Gasteiger partial charge >= 0.3 is 0 Å². The summed E-state index contributed by atoms with van der Waals surface area (Å²) in [5, 5.41) is 0.814. The lowest BCUT2D eigenvalue weighted by Crippen LogP contribution is -2.40. The second-order valence-corrected chi connectivity index (χ2v) is 5.96. The summed E-state index contributed by atoms with van der Waals surface area (Å²) in [5.41, 5.74) is 0.805. The molecule has 0 aliphatic carbocycles. The van der Waals surface area contributed by atoms with Gasteiger partial charge in [-0.3, -0.25) is 4.79 Å². The van der Waals surface area contributed by atoms with Crippen molar-refractivity contribution in [3.63, 3.8) is 0 Å². The molecule has 1 saturated heterocycles. The van der Waals surface area contributed by atoms with Crippen molar-refractivity contribution in [3.05, 3.63) is 30.6 Å². The summed E-state index contributed by atoms with van der Waals surface area (Å²) in [5.74, 6) is 0.414. The van der Waals surface area contributed by atoms with Crippen molar-refractivity contribution in [1.29, 1.82) is 0 Å². The molecule has 6 nitrogen and oxygen atoms in total. The number of rotatable bonds is 7. The molecule has 1 aliphatic heterocycles. The van der Waals surface area contributed by atoms with E-state index in [-0.39, 0.29) is 18.6 Å². The lowest BCUT2D eigenvalue weighted by molar-refractivity contribution is -0.135. The number of aromatic nitrogens is 2. The van der Waals surface area contributed by atoms with Crippen molar-refractivity contribution in [2.24, 2.45) is 0 Å². The second-order valence-electron chi connectivity index (χ2n) is 5.96. The van der Waals surface area contributed by atoms with E-state index < -0.39 is 0 Å². The molecule has 0 spiro atoms. The summed E-state index contributed by atoms with van der Waals surface area (Å²) < 4.78 is 11.3. The first kappa shape index (κ1) is 16.6. The number of nitrogens with zero attached hydrogens (tertiary/aromatic N) is 3. The van der Waals surface area contributed by atoms with E-state index in [9.17, 15) is 4.79 Å². The molecule has 3 rings (SSSR count). The van der Waals surface area contributed by atoms with Crippen LogP contribution < -0.4 is 4.74 Å². The van der Waals surface area contributed by atoms with Gasteiger partial charge in [-0.25, -0.2) is 9.97 Å². The van der Waals surface area contributed by atoms with Crippen LogP contribution in [0.2, 0.25) is 0 Å². The first-order valence-electron chi connectivity index (χ1n) is 8.50. The Morgan fingerprint density at radius 2 is 2.25 bits per heavy atom. The van der Waals surface area contributed by atoms with E-state index >= 15 is 0 Å². The third kappa shape index (κ3) is 4.00. The third-order valence-electron chi connectivity index (χ3n) is 4.13. The number of hydrogen-bond acceptors (Lipinski definition) is 5. The third-order valence-corrected chi connectivity index (χ3v) is 4.13. The highest BCUT2D eigenvalue weighted by Crippen LogP contribution is 2.20. The average molecular weight is 329 g/mol. The van der Waals surface area contributed by atoms with Gasteiger partial charge in [0.2, 0.25) is 5.88 Å². The predicted octanol–water partition coefficient (Wildman–Crippen LogP) is 2.43. The molecule has 128 valence electrons. The van der Waals surface area contributed by atoms with Crippen molar-refractivity contribution in [3.8, 4) is 5.88 Å². The average Bonchev–Trinajstić information content (AvgIpc) is 3.12. The standard InChI is InChI=1S/C18H23N3O3/c1-2-9-21(11-14-6-5-10-23-14)17(22)12-24-18-15-7-3-4-8-16(15)19-13-20-18/h3-4,7-8,13-14H,2,5-6,9-12H2,1H3/t14-/m0/s1. The van der Waals surface area contributed by atoms with E-state index in [1.807, 2.05) is 29.2 Å². The number of hydrogen-bond donors (Lipinski definition) is 0. The molecule has 1 atom stereocenters. The van der Waals surface area contributed by atoms with Gasteiger partial charge in [-0.1, -0.05) is 19.1 Å². The zero-order chi connectivity index (χ0) is 16.8. The molecule has 0 N–H and O–H groups in total. The molecule has 1 aromatic heterocycles. The van der Waals surface area contributed by atoms with Gasteiger partial charge in [0.15, 0.2) is 6.61 Å². The molecule has 24 heavy (non-hydrogen) atoms. The highest BCUT2D eigenvalue weighted by Gasteiger charge is 2.22. The number of para-hydroxylation sites is 1. The van der Waals surface area contributed by atoms with Crippen molar-refractivity contribution < 1.29 is 14.3 Å². The molecule has 1 amide bonds. The maximum Gasteiger partial charge on any atom is 0.260 e. The Bertz CT molecular complexity index is 681. The van der Waals surface area contributed by atoms with Gasteiger partial charge in [0.25, 0.3) is 5.91 Å². The van der Waals surface area contributed by atoms with Gasteiger partial charge in [-0.2, -0.15) is 0 Å². The smallest absolute Gasteiger partial charge is 0.260 e. The van der Waals surface area contributed by atoms with Crippen LogP contribution in [-0.4, -0.2) is 53.2 Å². The number of ether oxygens (including phenoxy) is 2. The summed E-state index contributed by atoms with van der Waals surface area (Å²) in [4.78, 5) is 22.7. The Labute approximate surface area is 141 Å². The van der Waals surface area contributed by atoms with Crippen molar-refractivity contribution in [1.82, 2.24) is 14.9 Å². The quantitative estimate of drug-likeness (QED) is 0.780. The van der Waals surface area contributed by atoms with E-state index in [1.54, 1.807) is 0 Å². The molecule has 2 heterocycles. The summed E-state index contributed by atoms with van der Waals surface area (Å²) in [6, 6.07) is 7.61. The topological polar surface area (TPSA) is 64.5 Å². The predicted molar refractivity (Wildman–Crippen MR) is 90.9 cm³/mol. The van der Waals surface area contributed by atoms with Crippen LogP contribution in [0.3, 0.4) is 0 Å². The molecule has 0 radical (unpaired) electrons. The first-order chi connectivity index (χ1) is 11.8. The Kier molecular flexibility index (Phi) is 5.59. The molecule has 1 aromatic carbocycles. The monoisotopic (exact) mass is 329 g/mol. The van der Waals surface area contributed by atoms with Crippen molar-refractivity contribution in [2.75, 3.05) is 26.3 Å². The second kappa shape index (κ2) is 8.06. The Morgan fingerprint density at radius 1 is 1.38 bits per heavy atom. The number of fused-ring (bicyclic) bond motifs is 1. The van der Waals surface area contributed by atoms with Crippen molar-refractivity contribution in [2.45, 2.75) is 32.3 Å². The maximum atomic E-state index is 12.5. The molecular formula is C18H23N3O3. The fraction of sp³-hybridized carbons (Fsp3) is 0.500.